The van der Waals surface area contributed by atoms with E-state index in [4.69, 9.17) is 4.74 Å². The second-order valence-corrected chi connectivity index (χ2v) is 6.35. The molecule has 1 aliphatic heterocycles. The van der Waals surface area contributed by atoms with Crippen LogP contribution in [0.2, 0.25) is 0 Å². The number of ether oxygens (including phenoxy) is 1. The maximum atomic E-state index is 13.1. The van der Waals surface area contributed by atoms with Crippen LogP contribution in [0.1, 0.15) is 23.9 Å². The van der Waals surface area contributed by atoms with Gasteiger partial charge in [-0.1, -0.05) is 12.1 Å². The lowest BCUT2D eigenvalue weighted by Gasteiger charge is -2.24. The molecule has 0 radical (unpaired) electrons. The first-order valence-electron chi connectivity index (χ1n) is 8.38. The number of amides is 1. The average Bonchev–Trinajstić information content (AvgIpc) is 3.28. The van der Waals surface area contributed by atoms with Gasteiger partial charge in [0.2, 0.25) is 5.91 Å². The summed E-state index contributed by atoms with van der Waals surface area (Å²) in [6.07, 6.45) is 0.845. The Morgan fingerprint density at radius 3 is 2.85 bits per heavy atom. The normalized spacial score (nSPS) is 17.9. The van der Waals surface area contributed by atoms with Gasteiger partial charge >= 0.3 is 5.97 Å². The summed E-state index contributed by atoms with van der Waals surface area (Å²) in [5.74, 6) is -0.337. The highest BCUT2D eigenvalue weighted by Crippen LogP contribution is 2.24. The number of aliphatic carboxylic acids is 1. The fourth-order valence-corrected chi connectivity index (χ4v) is 3.20. The number of carbonyl (C=O) groups excluding carboxylic acids is 1. The van der Waals surface area contributed by atoms with Crippen molar-refractivity contribution in [1.29, 1.82) is 0 Å². The van der Waals surface area contributed by atoms with Gasteiger partial charge in [-0.25, -0.2) is 4.68 Å². The second kappa shape index (κ2) is 7.51. The van der Waals surface area contributed by atoms with Gasteiger partial charge in [0.25, 0.3) is 0 Å². The monoisotopic (exact) mass is 359 g/mol. The van der Waals surface area contributed by atoms with Crippen LogP contribution in [0.4, 0.5) is 0 Å². The van der Waals surface area contributed by atoms with Crippen molar-refractivity contribution in [2.45, 2.75) is 25.8 Å². The minimum absolute atomic E-state index is 0.174. The molecule has 0 saturated carbocycles. The Morgan fingerprint density at radius 2 is 2.23 bits per heavy atom. The maximum Gasteiger partial charge on any atom is 0.308 e. The summed E-state index contributed by atoms with van der Waals surface area (Å²) in [5.41, 5.74) is 0.909. The summed E-state index contributed by atoms with van der Waals surface area (Å²) in [5, 5.41) is 20.7. The molecule has 3 rings (SSSR count). The van der Waals surface area contributed by atoms with Gasteiger partial charge in [0.1, 0.15) is 17.6 Å². The number of carboxylic acid groups (broad SMARTS) is 1. The first-order valence-corrected chi connectivity index (χ1v) is 8.38. The first-order chi connectivity index (χ1) is 12.5. The van der Waals surface area contributed by atoms with E-state index in [-0.39, 0.29) is 12.5 Å². The molecule has 9 nitrogen and oxygen atoms in total. The number of carboxylic acids is 1. The smallest absolute Gasteiger partial charge is 0.308 e. The van der Waals surface area contributed by atoms with E-state index >= 15 is 0 Å². The number of hydrogen-bond donors (Lipinski definition) is 1. The highest BCUT2D eigenvalue weighted by atomic mass is 16.5. The number of tetrazole rings is 1. The van der Waals surface area contributed by atoms with E-state index in [2.05, 4.69) is 15.5 Å². The molecule has 2 aromatic rings. The van der Waals surface area contributed by atoms with E-state index in [1.165, 1.54) is 4.68 Å². The van der Waals surface area contributed by atoms with Gasteiger partial charge < -0.3 is 14.7 Å². The number of nitrogens with zero attached hydrogens (tertiary/aromatic N) is 5. The molecule has 2 atom stereocenters. The molecule has 0 spiro atoms. The van der Waals surface area contributed by atoms with Crippen LogP contribution in [0.25, 0.3) is 0 Å². The van der Waals surface area contributed by atoms with Crippen LogP contribution in [0.15, 0.2) is 24.3 Å². The fraction of sp³-hybridized carbons (Fsp3) is 0.471. The molecule has 1 N–H and O–H groups in total. The molecule has 1 amide bonds. The Morgan fingerprint density at radius 1 is 1.42 bits per heavy atom. The van der Waals surface area contributed by atoms with Crippen LogP contribution in [-0.2, 0) is 16.0 Å². The standard InChI is InChI=1S/C17H21N5O4/c1-11-18-19-20-22(11)15(9-12-4-3-5-14(8-12)26-2)16(23)21-7-6-13(10-21)17(24)25/h3-5,8,13,15H,6-7,9-10H2,1-2H3,(H,24,25). The van der Waals surface area contributed by atoms with Gasteiger partial charge in [-0.15, -0.1) is 5.10 Å². The van der Waals surface area contributed by atoms with Crippen LogP contribution >= 0.6 is 0 Å². The summed E-state index contributed by atoms with van der Waals surface area (Å²) < 4.78 is 6.74. The van der Waals surface area contributed by atoms with Crippen molar-refractivity contribution in [3.63, 3.8) is 0 Å². The molecule has 1 saturated heterocycles. The Balaban J connectivity index is 1.85. The Hall–Kier alpha value is -2.97. The van der Waals surface area contributed by atoms with Crippen LogP contribution < -0.4 is 4.74 Å². The van der Waals surface area contributed by atoms with Crippen molar-refractivity contribution in [2.24, 2.45) is 5.92 Å². The van der Waals surface area contributed by atoms with E-state index < -0.39 is 17.9 Å². The molecule has 138 valence electrons. The zero-order chi connectivity index (χ0) is 18.7. The molecule has 26 heavy (non-hydrogen) atoms. The van der Waals surface area contributed by atoms with Crippen LogP contribution in [0, 0.1) is 12.8 Å². The molecular weight excluding hydrogens is 338 g/mol. The molecule has 1 aromatic carbocycles. The summed E-state index contributed by atoms with van der Waals surface area (Å²) in [6.45, 7) is 2.37. The number of aryl methyl sites for hydroxylation is 1. The van der Waals surface area contributed by atoms with E-state index in [9.17, 15) is 14.7 Å². The van der Waals surface area contributed by atoms with Gasteiger partial charge in [0, 0.05) is 19.5 Å². The third kappa shape index (κ3) is 3.66. The number of hydrogen-bond acceptors (Lipinski definition) is 6. The highest BCUT2D eigenvalue weighted by Gasteiger charge is 2.35. The Kier molecular flexibility index (Phi) is 5.15. The molecule has 0 aliphatic carbocycles. The number of benzene rings is 1. The second-order valence-electron chi connectivity index (χ2n) is 6.35. The van der Waals surface area contributed by atoms with Crippen molar-refractivity contribution < 1.29 is 19.4 Å². The van der Waals surface area contributed by atoms with Gasteiger partial charge in [-0.05, 0) is 41.5 Å². The van der Waals surface area contributed by atoms with E-state index in [1.54, 1.807) is 18.9 Å². The van der Waals surface area contributed by atoms with E-state index in [1.807, 2.05) is 24.3 Å². The zero-order valence-electron chi connectivity index (χ0n) is 14.7. The summed E-state index contributed by atoms with van der Waals surface area (Å²) in [4.78, 5) is 25.9. The fourth-order valence-electron chi connectivity index (χ4n) is 3.20. The van der Waals surface area contributed by atoms with Crippen molar-refractivity contribution >= 4 is 11.9 Å². The number of aromatic nitrogens is 4. The number of methoxy groups -OCH3 is 1. The van der Waals surface area contributed by atoms with Crippen molar-refractivity contribution in [2.75, 3.05) is 20.2 Å². The third-order valence-corrected chi connectivity index (χ3v) is 4.65. The number of likely N-dealkylation sites (tertiary alicyclic amines) is 1. The predicted molar refractivity (Wildman–Crippen MR) is 90.6 cm³/mol. The van der Waals surface area contributed by atoms with Crippen molar-refractivity contribution in [3.05, 3.63) is 35.7 Å². The van der Waals surface area contributed by atoms with Gasteiger partial charge in [-0.3, -0.25) is 9.59 Å². The van der Waals surface area contributed by atoms with Gasteiger partial charge in [0.05, 0.1) is 13.0 Å². The van der Waals surface area contributed by atoms with Crippen molar-refractivity contribution in [1.82, 2.24) is 25.1 Å². The maximum absolute atomic E-state index is 13.1. The Bertz CT molecular complexity index is 806. The minimum atomic E-state index is -0.872. The molecule has 0 bridgehead atoms. The number of rotatable bonds is 6. The molecule has 1 aliphatic rings. The van der Waals surface area contributed by atoms with Crippen LogP contribution in [0.3, 0.4) is 0 Å². The lowest BCUT2D eigenvalue weighted by atomic mass is 10.0. The average molecular weight is 359 g/mol. The molecule has 1 aromatic heterocycles. The zero-order valence-corrected chi connectivity index (χ0v) is 14.7. The lowest BCUT2D eigenvalue weighted by Crippen LogP contribution is -2.38. The summed E-state index contributed by atoms with van der Waals surface area (Å²) in [6, 6.07) is 6.83. The summed E-state index contributed by atoms with van der Waals surface area (Å²) >= 11 is 0. The van der Waals surface area contributed by atoms with E-state index in [0.717, 1.165) is 5.56 Å². The van der Waals surface area contributed by atoms with E-state index in [0.29, 0.717) is 31.0 Å². The van der Waals surface area contributed by atoms with Crippen molar-refractivity contribution in [3.8, 4) is 5.75 Å². The highest BCUT2D eigenvalue weighted by molar-refractivity contribution is 5.82. The van der Waals surface area contributed by atoms with Gasteiger partial charge in [-0.2, -0.15) is 0 Å². The lowest BCUT2D eigenvalue weighted by molar-refractivity contribution is -0.141. The summed E-state index contributed by atoms with van der Waals surface area (Å²) in [7, 11) is 1.59. The Labute approximate surface area is 150 Å². The predicted octanol–water partition coefficient (Wildman–Crippen LogP) is 0.707. The topological polar surface area (TPSA) is 110 Å². The molecule has 9 heteroatoms. The SMILES string of the molecule is COc1cccc(CC(C(=O)N2CCC(C(=O)O)C2)n2nnnc2C)c1. The molecule has 2 unspecified atom stereocenters. The minimum Gasteiger partial charge on any atom is -0.497 e. The first kappa shape index (κ1) is 17.8. The molecule has 2 heterocycles. The number of carbonyl (C=O) groups is 2. The largest absolute Gasteiger partial charge is 0.497 e. The van der Waals surface area contributed by atoms with Gasteiger partial charge in [0.15, 0.2) is 0 Å². The quantitative estimate of drug-likeness (QED) is 0.808. The van der Waals surface area contributed by atoms with Crippen LogP contribution in [0.5, 0.6) is 5.75 Å². The third-order valence-electron chi connectivity index (χ3n) is 4.65. The molecule has 1 fully saturated rings. The van der Waals surface area contributed by atoms with Crippen LogP contribution in [-0.4, -0.2) is 62.3 Å². The molecular formula is C17H21N5O4.